The molecule has 0 aliphatic carbocycles. The molecule has 0 unspecified atom stereocenters. The smallest absolute Gasteiger partial charge is 0.323 e. The molecule has 0 bridgehead atoms. The van der Waals surface area contributed by atoms with Gasteiger partial charge in [0.15, 0.2) is 0 Å². The summed E-state index contributed by atoms with van der Waals surface area (Å²) in [6.07, 6.45) is -4.11. The van der Waals surface area contributed by atoms with E-state index in [9.17, 15) is 18.4 Å². The third-order valence-electron chi connectivity index (χ3n) is 3.15. The van der Waals surface area contributed by atoms with Crippen LogP contribution in [-0.4, -0.2) is 15.0 Å². The Balaban J connectivity index is 2.14. The molecule has 1 N–H and O–H groups in total. The first-order chi connectivity index (χ1) is 11.4. The monoisotopic (exact) mass is 349 g/mol. The maximum absolute atomic E-state index is 13.1. The molecule has 3 rings (SSSR count). The lowest BCUT2D eigenvalue weighted by molar-refractivity contribution is -0.137. The number of rotatable bonds is 2. The Bertz CT molecular complexity index is 965. The third kappa shape index (κ3) is 3.07. The molecule has 120 valence electrons. The summed E-state index contributed by atoms with van der Waals surface area (Å²) in [6.45, 7) is 0. The van der Waals surface area contributed by atoms with Crippen molar-refractivity contribution >= 4 is 34.1 Å². The highest BCUT2D eigenvalue weighted by molar-refractivity contribution is 6.28. The zero-order chi connectivity index (χ0) is 17.3. The van der Waals surface area contributed by atoms with Crippen LogP contribution in [0.1, 0.15) is 11.1 Å². The Labute approximate surface area is 138 Å². The van der Waals surface area contributed by atoms with Crippen LogP contribution in [0.15, 0.2) is 36.5 Å². The standard InChI is InChI=1S/C15H7ClF3N5/c16-14-21-7-10(15(17,18)19)13(24-14)23-12-9(6-20)5-8-3-1-2-4-11(8)22-12/h1-5,7H,(H,21,22,23,24). The van der Waals surface area contributed by atoms with E-state index >= 15 is 0 Å². The first-order valence-corrected chi connectivity index (χ1v) is 6.93. The second kappa shape index (κ2) is 5.94. The van der Waals surface area contributed by atoms with Crippen LogP contribution in [0.2, 0.25) is 5.28 Å². The van der Waals surface area contributed by atoms with Crippen molar-refractivity contribution in [2.45, 2.75) is 6.18 Å². The predicted molar refractivity (Wildman–Crippen MR) is 81.8 cm³/mol. The van der Waals surface area contributed by atoms with E-state index in [4.69, 9.17) is 11.6 Å². The molecule has 9 heteroatoms. The lowest BCUT2D eigenvalue weighted by atomic mass is 10.1. The number of pyridine rings is 1. The van der Waals surface area contributed by atoms with Crippen molar-refractivity contribution < 1.29 is 13.2 Å². The number of para-hydroxylation sites is 1. The van der Waals surface area contributed by atoms with E-state index in [2.05, 4.69) is 20.3 Å². The van der Waals surface area contributed by atoms with Crippen molar-refractivity contribution in [3.8, 4) is 6.07 Å². The minimum Gasteiger partial charge on any atom is -0.323 e. The highest BCUT2D eigenvalue weighted by Gasteiger charge is 2.35. The molecular weight excluding hydrogens is 343 g/mol. The molecule has 0 radical (unpaired) electrons. The second-order valence-electron chi connectivity index (χ2n) is 4.71. The van der Waals surface area contributed by atoms with Gasteiger partial charge < -0.3 is 5.32 Å². The number of alkyl halides is 3. The van der Waals surface area contributed by atoms with Crippen LogP contribution in [0.4, 0.5) is 24.8 Å². The Morgan fingerprint density at radius 2 is 1.88 bits per heavy atom. The number of nitrogens with zero attached hydrogens (tertiary/aromatic N) is 4. The minimum atomic E-state index is -4.68. The Morgan fingerprint density at radius 1 is 1.12 bits per heavy atom. The summed E-state index contributed by atoms with van der Waals surface area (Å²) < 4.78 is 39.2. The third-order valence-corrected chi connectivity index (χ3v) is 3.33. The van der Waals surface area contributed by atoms with E-state index in [1.54, 1.807) is 24.3 Å². The van der Waals surface area contributed by atoms with Crippen molar-refractivity contribution in [1.82, 2.24) is 15.0 Å². The van der Waals surface area contributed by atoms with Crippen molar-refractivity contribution in [2.24, 2.45) is 0 Å². The van der Waals surface area contributed by atoms with Gasteiger partial charge >= 0.3 is 6.18 Å². The molecule has 5 nitrogen and oxygen atoms in total. The molecule has 0 atom stereocenters. The maximum Gasteiger partial charge on any atom is 0.421 e. The van der Waals surface area contributed by atoms with Gasteiger partial charge in [0.25, 0.3) is 0 Å². The summed E-state index contributed by atoms with van der Waals surface area (Å²) >= 11 is 5.59. The van der Waals surface area contributed by atoms with Gasteiger partial charge in [-0.05, 0) is 23.7 Å². The Morgan fingerprint density at radius 3 is 2.58 bits per heavy atom. The summed E-state index contributed by atoms with van der Waals surface area (Å²) in [5.74, 6) is -0.613. The van der Waals surface area contributed by atoms with Crippen LogP contribution in [0.3, 0.4) is 0 Å². The van der Waals surface area contributed by atoms with Gasteiger partial charge in [0.1, 0.15) is 23.3 Å². The van der Waals surface area contributed by atoms with Gasteiger partial charge in [0, 0.05) is 11.6 Å². The van der Waals surface area contributed by atoms with E-state index < -0.39 is 17.6 Å². The number of nitrogens with one attached hydrogen (secondary N) is 1. The molecule has 0 aliphatic rings. The summed E-state index contributed by atoms with van der Waals surface area (Å²) in [5, 5.41) is 12.0. The molecule has 0 aliphatic heterocycles. The molecular formula is C15H7ClF3N5. The van der Waals surface area contributed by atoms with Gasteiger partial charge in [-0.2, -0.15) is 23.4 Å². The molecule has 24 heavy (non-hydrogen) atoms. The van der Waals surface area contributed by atoms with Crippen LogP contribution < -0.4 is 5.32 Å². The van der Waals surface area contributed by atoms with Crippen molar-refractivity contribution in [2.75, 3.05) is 5.32 Å². The summed E-state index contributed by atoms with van der Waals surface area (Å²) in [5.41, 5.74) is -0.505. The van der Waals surface area contributed by atoms with Crippen LogP contribution in [0.5, 0.6) is 0 Å². The highest BCUT2D eigenvalue weighted by atomic mass is 35.5. The molecule has 1 aromatic carbocycles. The Kier molecular flexibility index (Phi) is 3.95. The molecule has 0 fully saturated rings. The molecule has 3 aromatic rings. The van der Waals surface area contributed by atoms with Gasteiger partial charge in [0.2, 0.25) is 5.28 Å². The number of hydrogen-bond donors (Lipinski definition) is 1. The minimum absolute atomic E-state index is 0.0449. The number of hydrogen-bond acceptors (Lipinski definition) is 5. The van der Waals surface area contributed by atoms with E-state index in [-0.39, 0.29) is 16.7 Å². The lowest BCUT2D eigenvalue weighted by Gasteiger charge is -2.13. The van der Waals surface area contributed by atoms with Crippen LogP contribution in [0.25, 0.3) is 10.9 Å². The van der Waals surface area contributed by atoms with E-state index in [1.165, 1.54) is 6.07 Å². The molecule has 0 spiro atoms. The summed E-state index contributed by atoms with van der Waals surface area (Å²) in [6, 6.07) is 10.4. The van der Waals surface area contributed by atoms with Gasteiger partial charge in [-0.25, -0.2) is 9.97 Å². The number of anilines is 2. The fourth-order valence-electron chi connectivity index (χ4n) is 2.07. The fraction of sp³-hybridized carbons (Fsp3) is 0.0667. The largest absolute Gasteiger partial charge is 0.421 e. The van der Waals surface area contributed by atoms with E-state index in [0.717, 1.165) is 0 Å². The Hall–Kier alpha value is -2.92. The average molecular weight is 350 g/mol. The zero-order valence-corrected chi connectivity index (χ0v) is 12.5. The number of nitriles is 1. The van der Waals surface area contributed by atoms with Crippen LogP contribution in [0, 0.1) is 11.3 Å². The van der Waals surface area contributed by atoms with Gasteiger partial charge in [-0.15, -0.1) is 0 Å². The molecule has 2 aromatic heterocycles. The summed E-state index contributed by atoms with van der Waals surface area (Å²) in [7, 11) is 0. The quantitative estimate of drug-likeness (QED) is 0.698. The van der Waals surface area contributed by atoms with Gasteiger partial charge in [-0.1, -0.05) is 18.2 Å². The number of halogens is 4. The molecule has 2 heterocycles. The molecule has 0 saturated heterocycles. The van der Waals surface area contributed by atoms with Crippen molar-refractivity contribution in [3.05, 3.63) is 52.9 Å². The van der Waals surface area contributed by atoms with E-state index in [0.29, 0.717) is 17.1 Å². The SMILES string of the molecule is N#Cc1cc2ccccc2nc1Nc1nc(Cl)ncc1C(F)(F)F. The number of aromatic nitrogens is 3. The maximum atomic E-state index is 13.1. The summed E-state index contributed by atoms with van der Waals surface area (Å²) in [4.78, 5) is 11.1. The number of fused-ring (bicyclic) bond motifs is 1. The molecule has 0 amide bonds. The normalized spacial score (nSPS) is 11.3. The van der Waals surface area contributed by atoms with Gasteiger partial charge in [0.05, 0.1) is 11.1 Å². The van der Waals surface area contributed by atoms with Crippen LogP contribution in [-0.2, 0) is 6.18 Å². The van der Waals surface area contributed by atoms with Crippen LogP contribution >= 0.6 is 11.6 Å². The second-order valence-corrected chi connectivity index (χ2v) is 5.05. The number of benzene rings is 1. The van der Waals surface area contributed by atoms with Gasteiger partial charge in [-0.3, -0.25) is 0 Å². The van der Waals surface area contributed by atoms with Crippen molar-refractivity contribution in [1.29, 1.82) is 5.26 Å². The topological polar surface area (TPSA) is 74.5 Å². The first kappa shape index (κ1) is 16.0. The average Bonchev–Trinajstić information content (AvgIpc) is 2.53. The lowest BCUT2D eigenvalue weighted by Crippen LogP contribution is -2.12. The fourth-order valence-corrected chi connectivity index (χ4v) is 2.20. The zero-order valence-electron chi connectivity index (χ0n) is 11.8. The van der Waals surface area contributed by atoms with E-state index in [1.807, 2.05) is 6.07 Å². The first-order valence-electron chi connectivity index (χ1n) is 6.55. The highest BCUT2D eigenvalue weighted by Crippen LogP contribution is 2.35. The van der Waals surface area contributed by atoms with Crippen molar-refractivity contribution in [3.63, 3.8) is 0 Å². The molecule has 0 saturated carbocycles. The predicted octanol–water partition coefficient (Wildman–Crippen LogP) is 4.31.